The second-order valence-electron chi connectivity index (χ2n) is 6.35. The van der Waals surface area contributed by atoms with Crippen LogP contribution < -0.4 is 5.32 Å². The molecule has 0 saturated heterocycles. The quantitative estimate of drug-likeness (QED) is 0.794. The Balaban J connectivity index is 1.63. The summed E-state index contributed by atoms with van der Waals surface area (Å²) < 4.78 is 1.46. The Hall–Kier alpha value is -2.28. The lowest BCUT2D eigenvalue weighted by molar-refractivity contribution is -0.125. The zero-order chi connectivity index (χ0) is 16.8. The van der Waals surface area contributed by atoms with E-state index in [2.05, 4.69) is 20.8 Å². The van der Waals surface area contributed by atoms with Gasteiger partial charge in [-0.1, -0.05) is 43.2 Å². The van der Waals surface area contributed by atoms with Crippen LogP contribution in [0.1, 0.15) is 37.3 Å². The van der Waals surface area contributed by atoms with Crippen LogP contribution >= 0.6 is 0 Å². The van der Waals surface area contributed by atoms with Gasteiger partial charge in [0.05, 0.1) is 6.10 Å². The van der Waals surface area contributed by atoms with Gasteiger partial charge in [0.1, 0.15) is 12.4 Å². The second-order valence-corrected chi connectivity index (χ2v) is 6.35. The van der Waals surface area contributed by atoms with Gasteiger partial charge < -0.3 is 10.4 Å². The normalized spacial score (nSPS) is 17.5. The van der Waals surface area contributed by atoms with E-state index in [9.17, 15) is 9.90 Å². The fourth-order valence-corrected chi connectivity index (χ4v) is 3.29. The van der Waals surface area contributed by atoms with Crippen molar-refractivity contribution in [1.82, 2.24) is 25.5 Å². The van der Waals surface area contributed by atoms with Crippen LogP contribution in [0.25, 0.3) is 0 Å². The smallest absolute Gasteiger partial charge is 0.245 e. The highest BCUT2D eigenvalue weighted by Gasteiger charge is 2.26. The number of aliphatic hydroxyl groups is 1. The molecule has 1 heterocycles. The third-order valence-corrected chi connectivity index (χ3v) is 4.69. The number of carbonyl (C=O) groups is 1. The van der Waals surface area contributed by atoms with E-state index in [0.717, 1.165) is 31.2 Å². The molecule has 3 rings (SSSR count). The molecule has 0 bridgehead atoms. The largest absolute Gasteiger partial charge is 0.391 e. The number of rotatable bonds is 7. The van der Waals surface area contributed by atoms with Crippen LogP contribution in [0.15, 0.2) is 36.7 Å². The number of hydrogen-bond donors (Lipinski definition) is 2. The fourth-order valence-electron chi connectivity index (χ4n) is 3.29. The molecule has 128 valence electrons. The second kappa shape index (κ2) is 8.01. The maximum absolute atomic E-state index is 12.6. The van der Waals surface area contributed by atoms with Gasteiger partial charge in [-0.3, -0.25) is 4.79 Å². The number of nitrogens with zero attached hydrogens (tertiary/aromatic N) is 4. The molecule has 1 fully saturated rings. The molecule has 7 nitrogen and oxygen atoms in total. The SMILES string of the molecule is O=C(NCC(O)C1CCCC1)C(Cc1ccccc1)n1cnnn1. The van der Waals surface area contributed by atoms with Crippen molar-refractivity contribution in [3.63, 3.8) is 0 Å². The minimum atomic E-state index is -0.529. The number of hydrogen-bond acceptors (Lipinski definition) is 5. The maximum Gasteiger partial charge on any atom is 0.245 e. The average Bonchev–Trinajstić information content (AvgIpc) is 3.31. The first-order valence-electron chi connectivity index (χ1n) is 8.46. The molecule has 1 aliphatic rings. The Morgan fingerprint density at radius 2 is 2.04 bits per heavy atom. The summed E-state index contributed by atoms with van der Waals surface area (Å²) in [6, 6.07) is 9.23. The number of carbonyl (C=O) groups excluding carboxylic acids is 1. The predicted octanol–water partition coefficient (Wildman–Crippen LogP) is 1.12. The van der Waals surface area contributed by atoms with Crippen molar-refractivity contribution in [3.8, 4) is 0 Å². The Kier molecular flexibility index (Phi) is 5.53. The Morgan fingerprint density at radius 1 is 1.29 bits per heavy atom. The number of aromatic nitrogens is 4. The summed E-state index contributed by atoms with van der Waals surface area (Å²) >= 11 is 0. The lowest BCUT2D eigenvalue weighted by atomic mass is 10.0. The van der Waals surface area contributed by atoms with Crippen LogP contribution in [0.5, 0.6) is 0 Å². The minimum absolute atomic E-state index is 0.178. The van der Waals surface area contributed by atoms with E-state index in [0.29, 0.717) is 12.3 Å². The van der Waals surface area contributed by atoms with Gasteiger partial charge in [0.15, 0.2) is 0 Å². The van der Waals surface area contributed by atoms with E-state index in [1.807, 2.05) is 30.3 Å². The highest BCUT2D eigenvalue weighted by molar-refractivity contribution is 5.80. The molecule has 2 atom stereocenters. The standard InChI is InChI=1S/C17H23N5O2/c23-16(14-8-4-5-9-14)11-18-17(24)15(22-12-19-20-21-22)10-13-6-2-1-3-7-13/h1-3,6-7,12,14-16,23H,4-5,8-11H2,(H,18,24). The monoisotopic (exact) mass is 329 g/mol. The van der Waals surface area contributed by atoms with Gasteiger partial charge in [0.25, 0.3) is 0 Å². The highest BCUT2D eigenvalue weighted by atomic mass is 16.3. The summed E-state index contributed by atoms with van der Waals surface area (Å²) in [5.41, 5.74) is 1.03. The summed E-state index contributed by atoms with van der Waals surface area (Å²) in [6.07, 6.45) is 5.86. The van der Waals surface area contributed by atoms with E-state index < -0.39 is 12.1 Å². The predicted molar refractivity (Wildman–Crippen MR) is 88.0 cm³/mol. The summed E-state index contributed by atoms with van der Waals surface area (Å²) in [4.78, 5) is 12.6. The summed E-state index contributed by atoms with van der Waals surface area (Å²) in [6.45, 7) is 0.275. The average molecular weight is 329 g/mol. The van der Waals surface area contributed by atoms with Crippen LogP contribution in [0.2, 0.25) is 0 Å². The number of nitrogens with one attached hydrogen (secondary N) is 1. The molecule has 1 amide bonds. The van der Waals surface area contributed by atoms with Gasteiger partial charge >= 0.3 is 0 Å². The zero-order valence-corrected chi connectivity index (χ0v) is 13.6. The molecule has 1 saturated carbocycles. The number of amides is 1. The molecule has 24 heavy (non-hydrogen) atoms. The molecule has 0 spiro atoms. The Labute approximate surface area is 141 Å². The lowest BCUT2D eigenvalue weighted by Gasteiger charge is -2.21. The molecule has 0 aliphatic heterocycles. The summed E-state index contributed by atoms with van der Waals surface area (Å²) in [5, 5.41) is 24.2. The van der Waals surface area contributed by atoms with Gasteiger partial charge in [-0.05, 0) is 34.7 Å². The van der Waals surface area contributed by atoms with E-state index in [4.69, 9.17) is 0 Å². The molecule has 1 aliphatic carbocycles. The van der Waals surface area contributed by atoms with Gasteiger partial charge in [-0.2, -0.15) is 0 Å². The van der Waals surface area contributed by atoms with E-state index >= 15 is 0 Å². The molecule has 1 aromatic heterocycles. The van der Waals surface area contributed by atoms with E-state index in [-0.39, 0.29) is 12.5 Å². The van der Waals surface area contributed by atoms with Gasteiger partial charge in [-0.25, -0.2) is 4.68 Å². The number of tetrazole rings is 1. The number of benzene rings is 1. The number of aliphatic hydroxyl groups excluding tert-OH is 1. The van der Waals surface area contributed by atoms with Crippen molar-refractivity contribution in [1.29, 1.82) is 0 Å². The van der Waals surface area contributed by atoms with Crippen molar-refractivity contribution in [2.24, 2.45) is 5.92 Å². The summed E-state index contributed by atoms with van der Waals surface area (Å²) in [5.74, 6) is 0.120. The van der Waals surface area contributed by atoms with Crippen LogP contribution in [-0.4, -0.2) is 43.9 Å². The van der Waals surface area contributed by atoms with Crippen molar-refractivity contribution in [2.45, 2.75) is 44.2 Å². The molecular weight excluding hydrogens is 306 g/mol. The molecule has 0 radical (unpaired) electrons. The van der Waals surface area contributed by atoms with Gasteiger partial charge in [-0.15, -0.1) is 5.10 Å². The molecule has 2 unspecified atom stereocenters. The van der Waals surface area contributed by atoms with Crippen LogP contribution in [0.3, 0.4) is 0 Å². The first kappa shape index (κ1) is 16.6. The molecule has 2 N–H and O–H groups in total. The fraction of sp³-hybridized carbons (Fsp3) is 0.529. The lowest BCUT2D eigenvalue weighted by Crippen LogP contribution is -2.40. The molecular formula is C17H23N5O2. The Bertz CT molecular complexity index is 626. The maximum atomic E-state index is 12.6. The summed E-state index contributed by atoms with van der Waals surface area (Å²) in [7, 11) is 0. The highest BCUT2D eigenvalue weighted by Crippen LogP contribution is 2.27. The van der Waals surface area contributed by atoms with Crippen molar-refractivity contribution in [2.75, 3.05) is 6.54 Å². The third-order valence-electron chi connectivity index (χ3n) is 4.69. The zero-order valence-electron chi connectivity index (χ0n) is 13.6. The topological polar surface area (TPSA) is 92.9 Å². The first-order valence-corrected chi connectivity index (χ1v) is 8.46. The van der Waals surface area contributed by atoms with Crippen LogP contribution in [-0.2, 0) is 11.2 Å². The van der Waals surface area contributed by atoms with Crippen molar-refractivity contribution in [3.05, 3.63) is 42.2 Å². The first-order chi connectivity index (χ1) is 11.7. The molecule has 1 aromatic carbocycles. The van der Waals surface area contributed by atoms with E-state index in [1.165, 1.54) is 11.0 Å². The van der Waals surface area contributed by atoms with E-state index in [1.54, 1.807) is 0 Å². The van der Waals surface area contributed by atoms with Crippen LogP contribution in [0, 0.1) is 5.92 Å². The van der Waals surface area contributed by atoms with Crippen LogP contribution in [0.4, 0.5) is 0 Å². The molecule has 2 aromatic rings. The molecule has 7 heteroatoms. The van der Waals surface area contributed by atoms with Crippen molar-refractivity contribution < 1.29 is 9.90 Å². The minimum Gasteiger partial charge on any atom is -0.391 e. The van der Waals surface area contributed by atoms with Gasteiger partial charge in [0.2, 0.25) is 5.91 Å². The van der Waals surface area contributed by atoms with Gasteiger partial charge in [0, 0.05) is 13.0 Å². The van der Waals surface area contributed by atoms with Crippen molar-refractivity contribution >= 4 is 5.91 Å². The Morgan fingerprint density at radius 3 is 2.71 bits per heavy atom. The third kappa shape index (κ3) is 4.17.